The summed E-state index contributed by atoms with van der Waals surface area (Å²) in [6.45, 7) is 6.21. The van der Waals surface area contributed by atoms with E-state index in [1.807, 2.05) is 0 Å². The van der Waals surface area contributed by atoms with Gasteiger partial charge in [0.2, 0.25) is 0 Å². The van der Waals surface area contributed by atoms with E-state index in [9.17, 15) is 4.79 Å². The van der Waals surface area contributed by atoms with Crippen LogP contribution in [0, 0.1) is 11.8 Å². The molecule has 0 aromatic carbocycles. The van der Waals surface area contributed by atoms with E-state index in [4.69, 9.17) is 0 Å². The Morgan fingerprint density at radius 1 is 1.18 bits per heavy atom. The van der Waals surface area contributed by atoms with Crippen molar-refractivity contribution in [1.82, 2.24) is 15.5 Å². The van der Waals surface area contributed by atoms with Crippen LogP contribution >= 0.6 is 0 Å². The Morgan fingerprint density at radius 2 is 1.76 bits per heavy atom. The molecular weight excluding hydrogens is 214 g/mol. The zero-order chi connectivity index (χ0) is 12.8. The first-order chi connectivity index (χ1) is 8.02. The van der Waals surface area contributed by atoms with Gasteiger partial charge >= 0.3 is 6.03 Å². The summed E-state index contributed by atoms with van der Waals surface area (Å²) in [4.78, 5) is 12.9. The first-order valence-electron chi connectivity index (χ1n) is 6.71. The summed E-state index contributed by atoms with van der Waals surface area (Å²) < 4.78 is 0. The summed E-state index contributed by atoms with van der Waals surface area (Å²) in [5.74, 6) is 1.51. The monoisotopic (exact) mass is 241 g/mol. The number of nitrogens with one attached hydrogen (secondary N) is 2. The highest BCUT2D eigenvalue weighted by Crippen LogP contribution is 2.28. The van der Waals surface area contributed by atoms with Gasteiger partial charge < -0.3 is 15.5 Å². The number of carbonyl (C=O) groups excluding carboxylic acids is 1. The van der Waals surface area contributed by atoms with Crippen molar-refractivity contribution in [3.8, 4) is 0 Å². The zero-order valence-corrected chi connectivity index (χ0v) is 11.6. The standard InChI is InChI=1S/C13H27N3O/c1-10-6-5-7-11(2)12(10)14-8-9-15-13(17)16(3)4/h10-12,14H,5-9H2,1-4H3,(H,15,17). The van der Waals surface area contributed by atoms with Crippen molar-refractivity contribution in [3.05, 3.63) is 0 Å². The van der Waals surface area contributed by atoms with Gasteiger partial charge in [-0.1, -0.05) is 20.3 Å². The first kappa shape index (κ1) is 14.3. The highest BCUT2D eigenvalue weighted by molar-refractivity contribution is 5.73. The van der Waals surface area contributed by atoms with Gasteiger partial charge in [0.05, 0.1) is 0 Å². The van der Waals surface area contributed by atoms with Gasteiger partial charge in [-0.25, -0.2) is 4.79 Å². The zero-order valence-electron chi connectivity index (χ0n) is 11.6. The average Bonchev–Trinajstić information content (AvgIpc) is 2.27. The van der Waals surface area contributed by atoms with E-state index in [2.05, 4.69) is 24.5 Å². The number of hydrogen-bond acceptors (Lipinski definition) is 2. The minimum Gasteiger partial charge on any atom is -0.337 e. The molecule has 4 nitrogen and oxygen atoms in total. The number of carbonyl (C=O) groups is 1. The molecule has 0 aromatic rings. The van der Waals surface area contributed by atoms with Gasteiger partial charge in [0.25, 0.3) is 0 Å². The molecule has 100 valence electrons. The molecule has 17 heavy (non-hydrogen) atoms. The fourth-order valence-corrected chi connectivity index (χ4v) is 2.65. The third-order valence-electron chi connectivity index (χ3n) is 3.73. The van der Waals surface area contributed by atoms with E-state index in [1.54, 1.807) is 19.0 Å². The van der Waals surface area contributed by atoms with E-state index in [-0.39, 0.29) is 6.03 Å². The summed E-state index contributed by atoms with van der Waals surface area (Å²) in [6.07, 6.45) is 4.01. The summed E-state index contributed by atoms with van der Waals surface area (Å²) in [5, 5.41) is 6.46. The number of urea groups is 1. The molecule has 0 spiro atoms. The van der Waals surface area contributed by atoms with E-state index >= 15 is 0 Å². The van der Waals surface area contributed by atoms with Crippen LogP contribution in [0.1, 0.15) is 33.1 Å². The number of hydrogen-bond donors (Lipinski definition) is 2. The van der Waals surface area contributed by atoms with Crippen molar-refractivity contribution < 1.29 is 4.79 Å². The maximum Gasteiger partial charge on any atom is 0.316 e. The molecule has 1 aliphatic carbocycles. The molecule has 2 N–H and O–H groups in total. The Bertz CT molecular complexity index is 233. The second-order valence-corrected chi connectivity index (χ2v) is 5.49. The fourth-order valence-electron chi connectivity index (χ4n) is 2.65. The maximum absolute atomic E-state index is 11.3. The summed E-state index contributed by atoms with van der Waals surface area (Å²) >= 11 is 0. The molecular formula is C13H27N3O. The third-order valence-corrected chi connectivity index (χ3v) is 3.73. The highest BCUT2D eigenvalue weighted by Gasteiger charge is 2.26. The molecule has 1 aliphatic rings. The van der Waals surface area contributed by atoms with E-state index in [0.717, 1.165) is 18.4 Å². The van der Waals surface area contributed by atoms with Crippen molar-refractivity contribution in [2.75, 3.05) is 27.2 Å². The van der Waals surface area contributed by atoms with Gasteiger partial charge in [-0.15, -0.1) is 0 Å². The maximum atomic E-state index is 11.3. The summed E-state index contributed by atoms with van der Waals surface area (Å²) in [6, 6.07) is 0.594. The molecule has 2 atom stereocenters. The molecule has 0 aliphatic heterocycles. The Balaban J connectivity index is 2.19. The van der Waals surface area contributed by atoms with Gasteiger partial charge in [0, 0.05) is 33.2 Å². The van der Waals surface area contributed by atoms with Gasteiger partial charge in [0.1, 0.15) is 0 Å². The van der Waals surface area contributed by atoms with Gasteiger partial charge in [-0.2, -0.15) is 0 Å². The van der Waals surface area contributed by atoms with E-state index < -0.39 is 0 Å². The molecule has 0 bridgehead atoms. The topological polar surface area (TPSA) is 44.4 Å². The van der Waals surface area contributed by atoms with Crippen LogP contribution in [0.4, 0.5) is 4.79 Å². The highest BCUT2D eigenvalue weighted by atomic mass is 16.2. The van der Waals surface area contributed by atoms with Crippen LogP contribution in [0.5, 0.6) is 0 Å². The molecule has 4 heteroatoms. The molecule has 2 unspecified atom stereocenters. The van der Waals surface area contributed by atoms with E-state index in [0.29, 0.717) is 12.6 Å². The predicted octanol–water partition coefficient (Wildman–Crippen LogP) is 1.67. The lowest BCUT2D eigenvalue weighted by Crippen LogP contribution is -2.46. The lowest BCUT2D eigenvalue weighted by Gasteiger charge is -2.35. The largest absolute Gasteiger partial charge is 0.337 e. The van der Waals surface area contributed by atoms with Crippen molar-refractivity contribution >= 4 is 6.03 Å². The molecule has 0 saturated heterocycles. The lowest BCUT2D eigenvalue weighted by molar-refractivity contribution is 0.205. The summed E-state index contributed by atoms with van der Waals surface area (Å²) in [5.41, 5.74) is 0. The van der Waals surface area contributed by atoms with Crippen LogP contribution in [0.3, 0.4) is 0 Å². The molecule has 1 rings (SSSR count). The predicted molar refractivity (Wildman–Crippen MR) is 71.1 cm³/mol. The smallest absolute Gasteiger partial charge is 0.316 e. The molecule has 1 fully saturated rings. The Hall–Kier alpha value is -0.770. The molecule has 1 saturated carbocycles. The van der Waals surface area contributed by atoms with Crippen LogP contribution in [0.15, 0.2) is 0 Å². The van der Waals surface area contributed by atoms with Crippen LogP contribution in [0.25, 0.3) is 0 Å². The quantitative estimate of drug-likeness (QED) is 0.735. The molecule has 0 heterocycles. The third kappa shape index (κ3) is 4.54. The molecule has 0 aromatic heterocycles. The van der Waals surface area contributed by atoms with Crippen LogP contribution in [0.2, 0.25) is 0 Å². The second-order valence-electron chi connectivity index (χ2n) is 5.49. The average molecular weight is 241 g/mol. The van der Waals surface area contributed by atoms with Crippen molar-refractivity contribution in [1.29, 1.82) is 0 Å². The van der Waals surface area contributed by atoms with Crippen LogP contribution in [-0.4, -0.2) is 44.2 Å². The number of rotatable bonds is 4. The fraction of sp³-hybridized carbons (Fsp3) is 0.923. The van der Waals surface area contributed by atoms with Crippen molar-refractivity contribution in [2.45, 2.75) is 39.2 Å². The van der Waals surface area contributed by atoms with Gasteiger partial charge in [-0.3, -0.25) is 0 Å². The Morgan fingerprint density at radius 3 is 2.29 bits per heavy atom. The number of amides is 2. The molecule has 0 radical (unpaired) electrons. The summed E-state index contributed by atoms with van der Waals surface area (Å²) in [7, 11) is 3.52. The van der Waals surface area contributed by atoms with Crippen LogP contribution in [-0.2, 0) is 0 Å². The number of nitrogens with zero attached hydrogens (tertiary/aromatic N) is 1. The normalized spacial score (nSPS) is 28.8. The van der Waals surface area contributed by atoms with Gasteiger partial charge in [0.15, 0.2) is 0 Å². The van der Waals surface area contributed by atoms with Crippen molar-refractivity contribution in [2.24, 2.45) is 11.8 Å². The lowest BCUT2D eigenvalue weighted by atomic mass is 9.79. The Labute approximate surface area is 105 Å². The van der Waals surface area contributed by atoms with Gasteiger partial charge in [-0.05, 0) is 24.7 Å². The second kappa shape index (κ2) is 6.84. The first-order valence-corrected chi connectivity index (χ1v) is 6.71. The SMILES string of the molecule is CC1CCCC(C)C1NCCNC(=O)N(C)C. The minimum absolute atomic E-state index is 0.0171. The van der Waals surface area contributed by atoms with E-state index in [1.165, 1.54) is 19.3 Å². The Kier molecular flexibility index (Phi) is 5.75. The van der Waals surface area contributed by atoms with Crippen LogP contribution < -0.4 is 10.6 Å². The molecule has 2 amide bonds. The van der Waals surface area contributed by atoms with Crippen molar-refractivity contribution in [3.63, 3.8) is 0 Å². The minimum atomic E-state index is -0.0171.